The number of aliphatic hydroxyl groups excluding tert-OH is 1. The number of nitro groups is 1. The highest BCUT2D eigenvalue weighted by Crippen LogP contribution is 2.25. The van der Waals surface area contributed by atoms with Crippen LogP contribution in [-0.4, -0.2) is 80.4 Å². The number of benzene rings is 1. The first kappa shape index (κ1) is 23.1. The van der Waals surface area contributed by atoms with Crippen LogP contribution >= 0.6 is 0 Å². The Kier molecular flexibility index (Phi) is 6.98. The molecule has 3 aliphatic heterocycles. The summed E-state index contributed by atoms with van der Waals surface area (Å²) < 4.78 is 13.4. The minimum Gasteiger partial charge on any atom is -0.490 e. The van der Waals surface area contributed by atoms with Gasteiger partial charge >= 0.3 is 11.8 Å². The second kappa shape index (κ2) is 10.3. The number of likely N-dealkylation sites (tertiary alicyclic amines) is 2. The third-order valence-electron chi connectivity index (χ3n) is 7.22. The van der Waals surface area contributed by atoms with Gasteiger partial charge in [0, 0.05) is 43.6 Å². The lowest BCUT2D eigenvalue weighted by Gasteiger charge is -2.41. The molecule has 1 aromatic heterocycles. The van der Waals surface area contributed by atoms with E-state index in [9.17, 15) is 15.2 Å². The van der Waals surface area contributed by atoms with Gasteiger partial charge in [-0.1, -0.05) is 12.1 Å². The van der Waals surface area contributed by atoms with Crippen molar-refractivity contribution in [3.8, 4) is 11.8 Å². The normalized spacial score (nSPS) is 22.8. The second-order valence-corrected chi connectivity index (χ2v) is 9.59. The van der Waals surface area contributed by atoms with Gasteiger partial charge in [-0.15, -0.1) is 0 Å². The van der Waals surface area contributed by atoms with E-state index in [1.807, 2.05) is 12.1 Å². The quantitative estimate of drug-likeness (QED) is 0.485. The van der Waals surface area contributed by atoms with Crippen LogP contribution in [0.2, 0.25) is 0 Å². The molecular weight excluding hydrogens is 438 g/mol. The molecule has 10 heteroatoms. The zero-order valence-electron chi connectivity index (χ0n) is 19.4. The molecule has 1 atom stereocenters. The van der Waals surface area contributed by atoms with Gasteiger partial charge in [-0.05, 0) is 61.4 Å². The van der Waals surface area contributed by atoms with E-state index >= 15 is 0 Å². The van der Waals surface area contributed by atoms with E-state index in [1.54, 1.807) is 4.57 Å². The highest BCUT2D eigenvalue weighted by Gasteiger charge is 2.29. The van der Waals surface area contributed by atoms with Gasteiger partial charge in [-0.2, -0.15) is 0 Å². The topological polar surface area (TPSA) is 106 Å². The van der Waals surface area contributed by atoms with Crippen molar-refractivity contribution in [3.63, 3.8) is 0 Å². The van der Waals surface area contributed by atoms with E-state index in [4.69, 9.17) is 9.47 Å². The average molecular weight is 472 g/mol. The first-order valence-electron chi connectivity index (χ1n) is 12.3. The number of aromatic nitrogens is 2. The first-order valence-corrected chi connectivity index (χ1v) is 12.3. The van der Waals surface area contributed by atoms with Crippen LogP contribution in [0, 0.1) is 10.1 Å². The smallest absolute Gasteiger partial charge is 0.414 e. The Morgan fingerprint density at radius 3 is 2.50 bits per heavy atom. The van der Waals surface area contributed by atoms with Gasteiger partial charge < -0.3 is 29.6 Å². The molecular formula is C24H33N5O5. The lowest BCUT2D eigenvalue weighted by molar-refractivity contribution is -0.389. The Labute approximate surface area is 199 Å². The van der Waals surface area contributed by atoms with Crippen LogP contribution in [-0.2, 0) is 13.1 Å². The molecule has 0 saturated carbocycles. The van der Waals surface area contributed by atoms with Crippen molar-refractivity contribution in [1.29, 1.82) is 0 Å². The highest BCUT2D eigenvalue weighted by molar-refractivity contribution is 5.27. The zero-order chi connectivity index (χ0) is 23.5. The SMILES string of the molecule is O=[N+]([O-])c1cn2c(n1)O[C@@H](COc1ccc(CN3CCC(N4CCC(O)CC4)CC3)cc1)CC2. The van der Waals surface area contributed by atoms with Crippen molar-refractivity contribution in [2.75, 3.05) is 32.8 Å². The number of nitrogens with zero attached hydrogens (tertiary/aromatic N) is 5. The number of ether oxygens (including phenoxy) is 2. The Bertz CT molecular complexity index is 965. The fraction of sp³-hybridized carbons (Fsp3) is 0.625. The monoisotopic (exact) mass is 471 g/mol. The second-order valence-electron chi connectivity index (χ2n) is 9.59. The largest absolute Gasteiger partial charge is 0.490 e. The number of piperidine rings is 2. The van der Waals surface area contributed by atoms with Crippen LogP contribution in [0.4, 0.5) is 5.82 Å². The summed E-state index contributed by atoms with van der Waals surface area (Å²) in [7, 11) is 0. The molecule has 2 saturated heterocycles. The van der Waals surface area contributed by atoms with E-state index in [0.29, 0.717) is 25.6 Å². The van der Waals surface area contributed by atoms with E-state index in [0.717, 1.165) is 51.3 Å². The summed E-state index contributed by atoms with van der Waals surface area (Å²) in [4.78, 5) is 19.4. The third-order valence-corrected chi connectivity index (χ3v) is 7.22. The van der Waals surface area contributed by atoms with Gasteiger partial charge in [0.25, 0.3) is 0 Å². The molecule has 10 nitrogen and oxygen atoms in total. The van der Waals surface area contributed by atoms with E-state index in [2.05, 4.69) is 26.9 Å². The Morgan fingerprint density at radius 1 is 1.06 bits per heavy atom. The maximum absolute atomic E-state index is 10.9. The minimum atomic E-state index is -0.509. The van der Waals surface area contributed by atoms with Crippen LogP contribution in [0.15, 0.2) is 30.5 Å². The van der Waals surface area contributed by atoms with Crippen molar-refractivity contribution >= 4 is 5.82 Å². The summed E-state index contributed by atoms with van der Waals surface area (Å²) in [6.07, 6.45) is 6.05. The summed E-state index contributed by atoms with van der Waals surface area (Å²) >= 11 is 0. The number of aliphatic hydroxyl groups is 1. The van der Waals surface area contributed by atoms with E-state index in [1.165, 1.54) is 24.6 Å². The van der Waals surface area contributed by atoms with Gasteiger partial charge in [0.15, 0.2) is 0 Å². The van der Waals surface area contributed by atoms with E-state index in [-0.39, 0.29) is 24.0 Å². The van der Waals surface area contributed by atoms with Gasteiger partial charge in [0.05, 0.1) is 6.10 Å². The number of hydrogen-bond acceptors (Lipinski definition) is 8. The van der Waals surface area contributed by atoms with Gasteiger partial charge in [-0.3, -0.25) is 9.47 Å². The molecule has 2 fully saturated rings. The van der Waals surface area contributed by atoms with Gasteiger partial charge in [0.1, 0.15) is 24.7 Å². The first-order chi connectivity index (χ1) is 16.5. The highest BCUT2D eigenvalue weighted by atomic mass is 16.6. The molecule has 1 N–H and O–H groups in total. The molecule has 2 aromatic rings. The number of hydrogen-bond donors (Lipinski definition) is 1. The third kappa shape index (κ3) is 5.51. The summed E-state index contributed by atoms with van der Waals surface area (Å²) in [6.45, 7) is 6.22. The molecule has 5 rings (SSSR count). The molecule has 0 unspecified atom stereocenters. The lowest BCUT2D eigenvalue weighted by Crippen LogP contribution is -2.48. The van der Waals surface area contributed by atoms with Crippen molar-refractivity contribution in [1.82, 2.24) is 19.4 Å². The standard InChI is InChI=1S/C24H33N5O5/c30-20-7-12-27(13-8-20)19-5-10-26(11-6-19)15-18-1-3-21(4-2-18)33-17-22-9-14-28-16-23(29(31)32)25-24(28)34-22/h1-4,16,19-20,22,30H,5-15,17H2/t22-/m1/s1. The van der Waals surface area contributed by atoms with Crippen LogP contribution < -0.4 is 9.47 Å². The molecule has 34 heavy (non-hydrogen) atoms. The number of rotatable bonds is 7. The van der Waals surface area contributed by atoms with Crippen LogP contribution in [0.5, 0.6) is 11.8 Å². The summed E-state index contributed by atoms with van der Waals surface area (Å²) in [5.74, 6) is 0.598. The summed E-state index contributed by atoms with van der Waals surface area (Å²) in [5.41, 5.74) is 1.27. The molecule has 0 amide bonds. The van der Waals surface area contributed by atoms with Crippen LogP contribution in [0.1, 0.15) is 37.7 Å². The van der Waals surface area contributed by atoms with Crippen LogP contribution in [0.3, 0.4) is 0 Å². The molecule has 0 spiro atoms. The molecule has 0 aliphatic carbocycles. The van der Waals surface area contributed by atoms with Crippen molar-refractivity contribution < 1.29 is 19.5 Å². The molecule has 184 valence electrons. The van der Waals surface area contributed by atoms with Crippen molar-refractivity contribution in [2.24, 2.45) is 0 Å². The molecule has 0 bridgehead atoms. The zero-order valence-corrected chi connectivity index (χ0v) is 19.4. The van der Waals surface area contributed by atoms with Crippen molar-refractivity contribution in [3.05, 3.63) is 46.1 Å². The fourth-order valence-corrected chi connectivity index (χ4v) is 5.17. The average Bonchev–Trinajstić information content (AvgIpc) is 3.29. The number of imidazole rings is 1. The fourth-order valence-electron chi connectivity index (χ4n) is 5.17. The Balaban J connectivity index is 1.05. The van der Waals surface area contributed by atoms with Gasteiger partial charge in [0.2, 0.25) is 0 Å². The maximum atomic E-state index is 10.9. The molecule has 4 heterocycles. The minimum absolute atomic E-state index is 0.105. The van der Waals surface area contributed by atoms with E-state index < -0.39 is 4.92 Å². The van der Waals surface area contributed by atoms with Crippen LogP contribution in [0.25, 0.3) is 0 Å². The summed E-state index contributed by atoms with van der Waals surface area (Å²) in [5, 5.41) is 20.6. The van der Waals surface area contributed by atoms with Crippen molar-refractivity contribution in [2.45, 2.75) is 63.4 Å². The van der Waals surface area contributed by atoms with Gasteiger partial charge in [-0.25, -0.2) is 0 Å². The number of fused-ring (bicyclic) bond motifs is 1. The molecule has 0 radical (unpaired) electrons. The Hall–Kier alpha value is -2.69. The summed E-state index contributed by atoms with van der Waals surface area (Å²) in [6, 6.07) is 9.16. The number of aryl methyl sites for hydroxylation is 1. The predicted molar refractivity (Wildman–Crippen MR) is 125 cm³/mol. The lowest BCUT2D eigenvalue weighted by atomic mass is 9.98. The Morgan fingerprint density at radius 2 is 1.79 bits per heavy atom. The molecule has 3 aliphatic rings. The molecule has 1 aromatic carbocycles. The maximum Gasteiger partial charge on any atom is 0.414 e. The predicted octanol–water partition coefficient (Wildman–Crippen LogP) is 2.44.